The van der Waals surface area contributed by atoms with Crippen molar-refractivity contribution in [3.05, 3.63) is 60.0 Å². The van der Waals surface area contributed by atoms with Gasteiger partial charge >= 0.3 is 5.97 Å². The zero-order valence-electron chi connectivity index (χ0n) is 15.1. The van der Waals surface area contributed by atoms with Gasteiger partial charge in [0.05, 0.1) is 12.8 Å². The Morgan fingerprint density at radius 3 is 2.46 bits per heavy atom. The van der Waals surface area contributed by atoms with Crippen molar-refractivity contribution in [2.75, 3.05) is 25.6 Å². The topological polar surface area (TPSA) is 86.8 Å². The summed E-state index contributed by atoms with van der Waals surface area (Å²) in [5.41, 5.74) is 1.64. The molecule has 0 saturated carbocycles. The van der Waals surface area contributed by atoms with Crippen molar-refractivity contribution in [2.45, 2.75) is 0 Å². The van der Waals surface area contributed by atoms with Crippen molar-refractivity contribution >= 4 is 28.3 Å². The monoisotopic (exact) mass is 398 g/mol. The molecule has 1 aromatic heterocycles. The molecule has 3 rings (SSSR count). The highest BCUT2D eigenvalue weighted by Gasteiger charge is 2.11. The van der Waals surface area contributed by atoms with Crippen molar-refractivity contribution < 1.29 is 23.8 Å². The molecule has 1 amide bonds. The van der Waals surface area contributed by atoms with E-state index < -0.39 is 18.5 Å². The lowest BCUT2D eigenvalue weighted by molar-refractivity contribution is -0.149. The van der Waals surface area contributed by atoms with Crippen LogP contribution in [-0.4, -0.2) is 37.2 Å². The van der Waals surface area contributed by atoms with E-state index in [4.69, 9.17) is 14.2 Å². The smallest absolute Gasteiger partial charge is 0.344 e. The van der Waals surface area contributed by atoms with Crippen LogP contribution < -0.4 is 14.8 Å². The third-order valence-electron chi connectivity index (χ3n) is 3.60. The normalized spacial score (nSPS) is 10.2. The molecule has 0 atom stereocenters. The molecule has 8 heteroatoms. The molecule has 0 spiro atoms. The zero-order chi connectivity index (χ0) is 19.8. The third kappa shape index (κ3) is 5.55. The quantitative estimate of drug-likeness (QED) is 0.586. The Morgan fingerprint density at radius 1 is 1.00 bits per heavy atom. The summed E-state index contributed by atoms with van der Waals surface area (Å²) in [5, 5.41) is 4.86. The minimum atomic E-state index is -0.628. The highest BCUT2D eigenvalue weighted by molar-refractivity contribution is 7.14. The van der Waals surface area contributed by atoms with Crippen LogP contribution in [0.2, 0.25) is 0 Å². The molecular formula is C20H18N2O5S. The van der Waals surface area contributed by atoms with Crippen LogP contribution in [0, 0.1) is 0 Å². The van der Waals surface area contributed by atoms with E-state index in [0.717, 1.165) is 17.0 Å². The molecule has 0 aliphatic heterocycles. The molecule has 2 aromatic carbocycles. The predicted molar refractivity (Wildman–Crippen MR) is 106 cm³/mol. The van der Waals surface area contributed by atoms with Gasteiger partial charge in [-0.2, -0.15) is 0 Å². The summed E-state index contributed by atoms with van der Waals surface area (Å²) < 4.78 is 15.3. The number of esters is 1. The second kappa shape index (κ2) is 9.52. The lowest BCUT2D eigenvalue weighted by atomic mass is 10.2. The average Bonchev–Trinajstić information content (AvgIpc) is 3.20. The number of hydrogen-bond donors (Lipinski definition) is 1. The fourth-order valence-corrected chi connectivity index (χ4v) is 2.96. The van der Waals surface area contributed by atoms with Gasteiger partial charge in [0.1, 0.15) is 11.5 Å². The SMILES string of the molecule is COc1ccc(-c2csc(NC(=O)COC(=O)COc3ccccc3)n2)cc1. The van der Waals surface area contributed by atoms with E-state index in [9.17, 15) is 9.59 Å². The standard InChI is InChI=1S/C20H18N2O5S/c1-25-15-9-7-14(8-10-15)17-13-28-20(21-17)22-18(23)11-27-19(24)12-26-16-5-3-2-4-6-16/h2-10,13H,11-12H2,1H3,(H,21,22,23). The molecule has 0 aliphatic carbocycles. The van der Waals surface area contributed by atoms with Crippen LogP contribution in [0.5, 0.6) is 11.5 Å². The number of nitrogens with one attached hydrogen (secondary N) is 1. The number of carbonyl (C=O) groups is 2. The molecule has 0 saturated heterocycles. The molecule has 28 heavy (non-hydrogen) atoms. The van der Waals surface area contributed by atoms with Gasteiger partial charge in [-0.25, -0.2) is 9.78 Å². The van der Waals surface area contributed by atoms with Crippen molar-refractivity contribution in [2.24, 2.45) is 0 Å². The van der Waals surface area contributed by atoms with Crippen molar-refractivity contribution in [1.29, 1.82) is 0 Å². The summed E-state index contributed by atoms with van der Waals surface area (Å²) in [6.45, 7) is -0.676. The fourth-order valence-electron chi connectivity index (χ4n) is 2.23. The molecule has 7 nitrogen and oxygen atoms in total. The van der Waals surface area contributed by atoms with Gasteiger partial charge < -0.3 is 14.2 Å². The van der Waals surface area contributed by atoms with E-state index in [-0.39, 0.29) is 6.61 Å². The van der Waals surface area contributed by atoms with Gasteiger partial charge in [0.2, 0.25) is 0 Å². The molecule has 0 bridgehead atoms. The number of rotatable bonds is 8. The van der Waals surface area contributed by atoms with Gasteiger partial charge in [-0.3, -0.25) is 10.1 Å². The van der Waals surface area contributed by atoms with Gasteiger partial charge in [-0.15, -0.1) is 11.3 Å². The Hall–Kier alpha value is -3.39. The lowest BCUT2D eigenvalue weighted by Crippen LogP contribution is -2.23. The number of amides is 1. The first kappa shape index (κ1) is 19.4. The molecule has 3 aromatic rings. The van der Waals surface area contributed by atoms with Gasteiger partial charge in [0.15, 0.2) is 18.3 Å². The van der Waals surface area contributed by atoms with E-state index >= 15 is 0 Å². The minimum Gasteiger partial charge on any atom is -0.497 e. The van der Waals surface area contributed by atoms with Crippen LogP contribution in [0.25, 0.3) is 11.3 Å². The second-order valence-electron chi connectivity index (χ2n) is 5.58. The average molecular weight is 398 g/mol. The number of aromatic nitrogens is 1. The number of thiazole rings is 1. The number of methoxy groups -OCH3 is 1. The zero-order valence-corrected chi connectivity index (χ0v) is 15.9. The Balaban J connectivity index is 1.44. The number of benzene rings is 2. The maximum absolute atomic E-state index is 11.9. The van der Waals surface area contributed by atoms with Gasteiger partial charge in [-0.05, 0) is 36.4 Å². The van der Waals surface area contributed by atoms with E-state index in [2.05, 4.69) is 10.3 Å². The molecular weight excluding hydrogens is 380 g/mol. The molecule has 144 valence electrons. The first-order chi connectivity index (χ1) is 13.6. The minimum absolute atomic E-state index is 0.268. The van der Waals surface area contributed by atoms with Crippen LogP contribution in [0.3, 0.4) is 0 Å². The van der Waals surface area contributed by atoms with E-state index in [1.807, 2.05) is 35.7 Å². The highest BCUT2D eigenvalue weighted by Crippen LogP contribution is 2.26. The predicted octanol–water partition coefficient (Wildman–Crippen LogP) is 3.38. The number of para-hydroxylation sites is 1. The van der Waals surface area contributed by atoms with E-state index in [1.54, 1.807) is 31.4 Å². The molecule has 0 unspecified atom stereocenters. The molecule has 0 aliphatic rings. The largest absolute Gasteiger partial charge is 0.497 e. The Morgan fingerprint density at radius 2 is 1.75 bits per heavy atom. The van der Waals surface area contributed by atoms with Crippen LogP contribution in [0.15, 0.2) is 60.0 Å². The number of ether oxygens (including phenoxy) is 3. The van der Waals surface area contributed by atoms with Crippen LogP contribution in [-0.2, 0) is 14.3 Å². The molecule has 0 fully saturated rings. The lowest BCUT2D eigenvalue weighted by Gasteiger charge is -2.06. The summed E-state index contributed by atoms with van der Waals surface area (Å²) in [7, 11) is 1.60. The molecule has 1 heterocycles. The number of carbonyl (C=O) groups excluding carboxylic acids is 2. The van der Waals surface area contributed by atoms with Crippen molar-refractivity contribution in [3.63, 3.8) is 0 Å². The number of nitrogens with zero attached hydrogens (tertiary/aromatic N) is 1. The van der Waals surface area contributed by atoms with Gasteiger partial charge in [0, 0.05) is 10.9 Å². The maximum Gasteiger partial charge on any atom is 0.344 e. The Kier molecular flexibility index (Phi) is 6.59. The first-order valence-corrected chi connectivity index (χ1v) is 9.25. The molecule has 1 N–H and O–H groups in total. The molecule has 0 radical (unpaired) electrons. The summed E-state index contributed by atoms with van der Waals surface area (Å²) >= 11 is 1.28. The van der Waals surface area contributed by atoms with Gasteiger partial charge in [-0.1, -0.05) is 18.2 Å². The van der Waals surface area contributed by atoms with Crippen molar-refractivity contribution in [1.82, 2.24) is 4.98 Å². The van der Waals surface area contributed by atoms with Gasteiger partial charge in [0.25, 0.3) is 5.91 Å². The fraction of sp³-hybridized carbons (Fsp3) is 0.150. The Labute approximate surface area is 165 Å². The highest BCUT2D eigenvalue weighted by atomic mass is 32.1. The number of anilines is 1. The third-order valence-corrected chi connectivity index (χ3v) is 4.36. The summed E-state index contributed by atoms with van der Waals surface area (Å²) in [5.74, 6) is 0.212. The summed E-state index contributed by atoms with van der Waals surface area (Å²) in [4.78, 5) is 28.0. The van der Waals surface area contributed by atoms with E-state index in [1.165, 1.54) is 11.3 Å². The number of hydrogen-bond acceptors (Lipinski definition) is 7. The van der Waals surface area contributed by atoms with E-state index in [0.29, 0.717) is 10.9 Å². The summed E-state index contributed by atoms with van der Waals surface area (Å²) in [6.07, 6.45) is 0. The second-order valence-corrected chi connectivity index (χ2v) is 6.44. The first-order valence-electron chi connectivity index (χ1n) is 8.37. The van der Waals surface area contributed by atoms with Crippen LogP contribution in [0.1, 0.15) is 0 Å². The maximum atomic E-state index is 11.9. The van der Waals surface area contributed by atoms with Crippen LogP contribution >= 0.6 is 11.3 Å². The summed E-state index contributed by atoms with van der Waals surface area (Å²) in [6, 6.07) is 16.3. The van der Waals surface area contributed by atoms with Crippen molar-refractivity contribution in [3.8, 4) is 22.8 Å². The Bertz CT molecular complexity index is 925. The van der Waals surface area contributed by atoms with Crippen LogP contribution in [0.4, 0.5) is 5.13 Å².